The van der Waals surface area contributed by atoms with E-state index in [1.54, 1.807) is 12.1 Å². The van der Waals surface area contributed by atoms with E-state index < -0.39 is 26.4 Å². The number of methoxy groups -OCH3 is 2. The SMILES string of the molecule is COc1ccc(/C=C\C(=O)CS(=O)/C=C/c2ccc(OC)c([N+](=O)[O-])c2)cc1[N+](=O)[O-]. The average Bonchev–Trinajstić information content (AvgIpc) is 2.75. The molecule has 0 saturated carbocycles. The van der Waals surface area contributed by atoms with Gasteiger partial charge in [0, 0.05) is 17.5 Å². The van der Waals surface area contributed by atoms with Crippen molar-refractivity contribution in [2.45, 2.75) is 0 Å². The van der Waals surface area contributed by atoms with Crippen molar-refractivity contribution in [2.24, 2.45) is 0 Å². The van der Waals surface area contributed by atoms with Crippen LogP contribution in [0.5, 0.6) is 11.5 Å². The zero-order valence-electron chi connectivity index (χ0n) is 16.5. The Balaban J connectivity index is 2.04. The van der Waals surface area contributed by atoms with Crippen LogP contribution in [-0.4, -0.2) is 39.8 Å². The van der Waals surface area contributed by atoms with Gasteiger partial charge >= 0.3 is 11.4 Å². The van der Waals surface area contributed by atoms with Crippen LogP contribution in [0.25, 0.3) is 12.2 Å². The van der Waals surface area contributed by atoms with Gasteiger partial charge in [-0.2, -0.15) is 0 Å². The number of allylic oxidation sites excluding steroid dienone is 1. The number of carbonyl (C=O) groups excluding carboxylic acids is 1. The molecular weight excluding hydrogens is 428 g/mol. The first kappa shape index (κ1) is 23.4. The lowest BCUT2D eigenvalue weighted by molar-refractivity contribution is -0.385. The molecule has 1 unspecified atom stereocenters. The topological polar surface area (TPSA) is 139 Å². The minimum absolute atomic E-state index is 0.0958. The largest absolute Gasteiger partial charge is 0.490 e. The van der Waals surface area contributed by atoms with Crippen LogP contribution in [0.4, 0.5) is 11.4 Å². The van der Waals surface area contributed by atoms with Gasteiger partial charge in [0.15, 0.2) is 17.3 Å². The Morgan fingerprint density at radius 1 is 0.935 bits per heavy atom. The summed E-state index contributed by atoms with van der Waals surface area (Å²) in [6.07, 6.45) is 3.96. The van der Waals surface area contributed by atoms with Crippen molar-refractivity contribution in [3.63, 3.8) is 0 Å². The summed E-state index contributed by atoms with van der Waals surface area (Å²) in [6, 6.07) is 8.46. The monoisotopic (exact) mass is 446 g/mol. The highest BCUT2D eigenvalue weighted by atomic mass is 32.2. The quantitative estimate of drug-likeness (QED) is 0.307. The van der Waals surface area contributed by atoms with Gasteiger partial charge in [-0.25, -0.2) is 0 Å². The van der Waals surface area contributed by atoms with Crippen molar-refractivity contribution >= 4 is 40.1 Å². The number of benzene rings is 2. The highest BCUT2D eigenvalue weighted by Gasteiger charge is 2.15. The molecule has 0 radical (unpaired) electrons. The zero-order valence-corrected chi connectivity index (χ0v) is 17.4. The van der Waals surface area contributed by atoms with Gasteiger partial charge in [-0.1, -0.05) is 18.2 Å². The predicted octanol–water partition coefficient (Wildman–Crippen LogP) is 3.52. The van der Waals surface area contributed by atoms with Crippen molar-refractivity contribution in [3.05, 3.63) is 79.2 Å². The van der Waals surface area contributed by atoms with Crippen LogP contribution in [-0.2, 0) is 15.6 Å². The van der Waals surface area contributed by atoms with Gasteiger partial charge in [0.1, 0.15) is 0 Å². The van der Waals surface area contributed by atoms with Crippen molar-refractivity contribution in [3.8, 4) is 11.5 Å². The Morgan fingerprint density at radius 2 is 1.42 bits per heavy atom. The molecule has 0 saturated heterocycles. The van der Waals surface area contributed by atoms with E-state index in [0.29, 0.717) is 11.1 Å². The molecule has 2 rings (SSSR count). The van der Waals surface area contributed by atoms with Gasteiger partial charge in [0.25, 0.3) is 0 Å². The van der Waals surface area contributed by atoms with Crippen molar-refractivity contribution in [1.29, 1.82) is 0 Å². The van der Waals surface area contributed by atoms with Crippen molar-refractivity contribution in [1.82, 2.24) is 0 Å². The number of hydrogen-bond acceptors (Lipinski definition) is 8. The van der Waals surface area contributed by atoms with Crippen molar-refractivity contribution in [2.75, 3.05) is 20.0 Å². The highest BCUT2D eigenvalue weighted by molar-refractivity contribution is 7.88. The van der Waals surface area contributed by atoms with Gasteiger partial charge < -0.3 is 9.47 Å². The zero-order chi connectivity index (χ0) is 23.0. The fraction of sp³-hybridized carbons (Fsp3) is 0.150. The van der Waals surface area contributed by atoms with Crippen LogP contribution >= 0.6 is 0 Å². The van der Waals surface area contributed by atoms with Gasteiger partial charge in [-0.05, 0) is 35.4 Å². The molecule has 11 heteroatoms. The second-order valence-corrected chi connectivity index (χ2v) is 7.33. The molecular formula is C20H18N2O8S. The normalized spacial score (nSPS) is 12.1. The Kier molecular flexibility index (Phi) is 8.15. The molecule has 10 nitrogen and oxygen atoms in total. The van der Waals surface area contributed by atoms with Crippen LogP contribution in [0.2, 0.25) is 0 Å². The maximum absolute atomic E-state index is 12.1. The average molecular weight is 446 g/mol. The summed E-state index contributed by atoms with van der Waals surface area (Å²) in [6.45, 7) is 0. The number of nitrogens with zero attached hydrogens (tertiary/aromatic N) is 2. The number of nitro benzene ring substituents is 2. The number of rotatable bonds is 10. The molecule has 0 bridgehead atoms. The van der Waals surface area contributed by atoms with Crippen molar-refractivity contribution < 1.29 is 28.3 Å². The van der Waals surface area contributed by atoms with E-state index in [2.05, 4.69) is 0 Å². The smallest absolute Gasteiger partial charge is 0.311 e. The molecule has 0 aromatic heterocycles. The second-order valence-electron chi connectivity index (χ2n) is 6.00. The van der Waals surface area contributed by atoms with Crippen LogP contribution in [0, 0.1) is 20.2 Å². The van der Waals surface area contributed by atoms with E-state index in [1.165, 1.54) is 62.1 Å². The van der Waals surface area contributed by atoms with E-state index in [1.807, 2.05) is 0 Å². The number of ether oxygens (including phenoxy) is 2. The Hall–Kier alpha value is -3.86. The van der Waals surface area contributed by atoms with E-state index in [0.717, 1.165) is 0 Å². The number of hydrogen-bond donors (Lipinski definition) is 0. The maximum Gasteiger partial charge on any atom is 0.311 e. The fourth-order valence-electron chi connectivity index (χ4n) is 2.49. The molecule has 0 amide bonds. The minimum Gasteiger partial charge on any atom is -0.490 e. The van der Waals surface area contributed by atoms with Gasteiger partial charge in [-0.15, -0.1) is 0 Å². The number of ketones is 1. The third-order valence-electron chi connectivity index (χ3n) is 3.96. The number of carbonyl (C=O) groups is 1. The van der Waals surface area contributed by atoms with Gasteiger partial charge in [-0.3, -0.25) is 29.2 Å². The summed E-state index contributed by atoms with van der Waals surface area (Å²) < 4.78 is 21.9. The lowest BCUT2D eigenvalue weighted by atomic mass is 10.1. The molecule has 0 fully saturated rings. The molecule has 162 valence electrons. The molecule has 2 aromatic carbocycles. The lowest BCUT2D eigenvalue weighted by Gasteiger charge is -2.02. The summed E-state index contributed by atoms with van der Waals surface area (Å²) in [7, 11) is 0.969. The molecule has 0 aliphatic heterocycles. The van der Waals surface area contributed by atoms with Gasteiger partial charge in [0.05, 0.1) is 40.6 Å². The summed E-state index contributed by atoms with van der Waals surface area (Å²) in [5.74, 6) is -0.577. The van der Waals surface area contributed by atoms with Crippen LogP contribution in [0.15, 0.2) is 47.9 Å². The van der Waals surface area contributed by atoms with E-state index >= 15 is 0 Å². The third-order valence-corrected chi connectivity index (χ3v) is 4.97. The first-order chi connectivity index (χ1) is 14.7. The molecule has 1 atom stereocenters. The summed E-state index contributed by atoms with van der Waals surface area (Å²) >= 11 is 0. The molecule has 0 heterocycles. The molecule has 0 aliphatic rings. The third kappa shape index (κ3) is 6.57. The molecule has 2 aromatic rings. The molecule has 31 heavy (non-hydrogen) atoms. The highest BCUT2D eigenvalue weighted by Crippen LogP contribution is 2.29. The van der Waals surface area contributed by atoms with E-state index in [9.17, 15) is 29.2 Å². The standard InChI is InChI=1S/C20H18N2O8S/c1-29-19-7-4-14(11-17(19)21(24)25)3-6-16(23)13-31(28)10-9-15-5-8-20(30-2)18(12-15)22(26)27/h3-12H,13H2,1-2H3/b6-3-,10-9+. The first-order valence-corrected chi connectivity index (χ1v) is 10.0. The van der Waals surface area contributed by atoms with Gasteiger partial charge in [0.2, 0.25) is 0 Å². The van der Waals surface area contributed by atoms with Crippen LogP contribution in [0.3, 0.4) is 0 Å². The maximum atomic E-state index is 12.1. The summed E-state index contributed by atoms with van der Waals surface area (Å²) in [4.78, 5) is 32.9. The predicted molar refractivity (Wildman–Crippen MR) is 115 cm³/mol. The fourth-order valence-corrected chi connectivity index (χ4v) is 3.27. The van der Waals surface area contributed by atoms with Crippen LogP contribution < -0.4 is 9.47 Å². The lowest BCUT2D eigenvalue weighted by Crippen LogP contribution is -2.05. The summed E-state index contributed by atoms with van der Waals surface area (Å²) in [5.41, 5.74) is 0.363. The number of nitro groups is 2. The molecule has 0 aliphatic carbocycles. The van der Waals surface area contributed by atoms with E-state index in [-0.39, 0.29) is 28.6 Å². The molecule has 0 spiro atoms. The Labute approximate surface area is 179 Å². The second kappa shape index (κ2) is 10.8. The van der Waals surface area contributed by atoms with E-state index in [4.69, 9.17) is 9.47 Å². The first-order valence-electron chi connectivity index (χ1n) is 8.66. The summed E-state index contributed by atoms with van der Waals surface area (Å²) in [5, 5.41) is 23.3. The Morgan fingerprint density at radius 3 is 1.87 bits per heavy atom. The molecule has 0 N–H and O–H groups in total. The van der Waals surface area contributed by atoms with Crippen LogP contribution in [0.1, 0.15) is 11.1 Å². The minimum atomic E-state index is -1.66. The Bertz CT molecular complexity index is 1010.